The van der Waals surface area contributed by atoms with Gasteiger partial charge in [-0.25, -0.2) is 9.78 Å². The molecule has 0 bridgehead atoms. The Hall–Kier alpha value is -1.88. The first kappa shape index (κ1) is 13.5. The van der Waals surface area contributed by atoms with E-state index in [4.69, 9.17) is 5.11 Å². The molecule has 4 nitrogen and oxygen atoms in total. The molecule has 100 valence electrons. The Kier molecular flexibility index (Phi) is 3.85. The molecule has 2 N–H and O–H groups in total. The molecule has 19 heavy (non-hydrogen) atoms. The Bertz CT molecular complexity index is 565. The van der Waals surface area contributed by atoms with E-state index in [1.54, 1.807) is 23.5 Å². The smallest absolute Gasteiger partial charge is 0.356 e. The van der Waals surface area contributed by atoms with Crippen molar-refractivity contribution in [3.05, 3.63) is 46.4 Å². The zero-order valence-electron chi connectivity index (χ0n) is 10.9. The molecule has 0 aliphatic heterocycles. The zero-order chi connectivity index (χ0) is 13.9. The molecule has 0 saturated carbocycles. The van der Waals surface area contributed by atoms with Gasteiger partial charge in [0.25, 0.3) is 0 Å². The van der Waals surface area contributed by atoms with Gasteiger partial charge in [-0.1, -0.05) is 19.9 Å². The topological polar surface area (TPSA) is 62.2 Å². The first-order valence-corrected chi connectivity index (χ1v) is 6.85. The Morgan fingerprint density at radius 2 is 2.21 bits per heavy atom. The van der Waals surface area contributed by atoms with Crippen LogP contribution in [0.2, 0.25) is 0 Å². The molecule has 5 heteroatoms. The summed E-state index contributed by atoms with van der Waals surface area (Å²) in [5.41, 5.74) is 0.559. The third kappa shape index (κ3) is 3.12. The van der Waals surface area contributed by atoms with Crippen molar-refractivity contribution in [3.8, 4) is 0 Å². The van der Waals surface area contributed by atoms with Crippen LogP contribution in [0.3, 0.4) is 0 Å². The lowest BCUT2D eigenvalue weighted by Crippen LogP contribution is -2.27. The second kappa shape index (κ2) is 5.40. The average Bonchev–Trinajstić information content (AvgIpc) is 2.91. The normalized spacial score (nSPS) is 11.3. The zero-order valence-corrected chi connectivity index (χ0v) is 11.7. The first-order valence-electron chi connectivity index (χ1n) is 5.97. The number of nitrogens with zero attached hydrogens (tertiary/aromatic N) is 1. The summed E-state index contributed by atoms with van der Waals surface area (Å²) >= 11 is 1.70. The monoisotopic (exact) mass is 276 g/mol. The highest BCUT2D eigenvalue weighted by molar-refractivity contribution is 7.10. The number of pyridine rings is 1. The highest BCUT2D eigenvalue weighted by atomic mass is 32.1. The summed E-state index contributed by atoms with van der Waals surface area (Å²) in [4.78, 5) is 16.2. The summed E-state index contributed by atoms with van der Waals surface area (Å²) < 4.78 is 0. The maximum absolute atomic E-state index is 11.1. The van der Waals surface area contributed by atoms with Gasteiger partial charge in [-0.3, -0.25) is 0 Å². The minimum Gasteiger partial charge on any atom is -0.476 e. The lowest BCUT2D eigenvalue weighted by molar-refractivity contribution is 0.0691. The van der Waals surface area contributed by atoms with Crippen LogP contribution in [0.4, 0.5) is 5.69 Å². The van der Waals surface area contributed by atoms with Gasteiger partial charge in [-0.2, -0.15) is 0 Å². The van der Waals surface area contributed by atoms with E-state index in [1.807, 2.05) is 11.4 Å². The fraction of sp³-hybridized carbons (Fsp3) is 0.286. The first-order chi connectivity index (χ1) is 9.00. The summed E-state index contributed by atoms with van der Waals surface area (Å²) in [6, 6.07) is 7.58. The quantitative estimate of drug-likeness (QED) is 0.880. The molecular formula is C14H16N2O2S. The molecule has 0 aliphatic rings. The molecule has 2 aromatic heterocycles. The number of rotatable bonds is 5. The molecule has 0 aliphatic carbocycles. The predicted octanol–water partition coefficient (Wildman–Crippen LogP) is 3.23. The third-order valence-electron chi connectivity index (χ3n) is 2.92. The number of nitrogens with one attached hydrogen (secondary N) is 1. The molecule has 0 atom stereocenters. The van der Waals surface area contributed by atoms with Gasteiger partial charge in [0.2, 0.25) is 0 Å². The average molecular weight is 276 g/mol. The molecule has 0 radical (unpaired) electrons. The molecule has 0 saturated heterocycles. The Morgan fingerprint density at radius 1 is 1.42 bits per heavy atom. The van der Waals surface area contributed by atoms with Crippen LogP contribution < -0.4 is 5.32 Å². The van der Waals surface area contributed by atoms with Crippen LogP contribution >= 0.6 is 11.3 Å². The maximum atomic E-state index is 11.1. The summed E-state index contributed by atoms with van der Waals surface area (Å²) in [6.45, 7) is 4.91. The molecule has 0 fully saturated rings. The van der Waals surface area contributed by atoms with E-state index in [0.29, 0.717) is 12.2 Å². The number of anilines is 1. The highest BCUT2D eigenvalue weighted by Gasteiger charge is 2.22. The second-order valence-electron chi connectivity index (χ2n) is 4.92. The molecule has 0 unspecified atom stereocenters. The molecule has 0 aromatic carbocycles. The van der Waals surface area contributed by atoms with Crippen molar-refractivity contribution < 1.29 is 9.90 Å². The van der Waals surface area contributed by atoms with Crippen molar-refractivity contribution in [2.24, 2.45) is 0 Å². The van der Waals surface area contributed by atoms with Gasteiger partial charge in [0, 0.05) is 23.0 Å². The summed E-state index contributed by atoms with van der Waals surface area (Å²) in [5.74, 6) is -1.02. The predicted molar refractivity (Wildman–Crippen MR) is 77.0 cm³/mol. The van der Waals surface area contributed by atoms with Gasteiger partial charge < -0.3 is 10.4 Å². The Morgan fingerprint density at radius 3 is 2.84 bits per heavy atom. The SMILES string of the molecule is CC(C)(CNc1cccnc1C(=O)O)c1cccs1. The second-order valence-corrected chi connectivity index (χ2v) is 5.87. The maximum Gasteiger partial charge on any atom is 0.356 e. The van der Waals surface area contributed by atoms with Crippen LogP contribution in [-0.2, 0) is 5.41 Å². The van der Waals surface area contributed by atoms with Gasteiger partial charge >= 0.3 is 5.97 Å². The van der Waals surface area contributed by atoms with Crippen molar-refractivity contribution in [1.29, 1.82) is 0 Å². The van der Waals surface area contributed by atoms with Crippen molar-refractivity contribution in [3.63, 3.8) is 0 Å². The lowest BCUT2D eigenvalue weighted by Gasteiger charge is -2.24. The van der Waals surface area contributed by atoms with Crippen molar-refractivity contribution >= 4 is 23.0 Å². The van der Waals surface area contributed by atoms with Crippen LogP contribution in [0.25, 0.3) is 0 Å². The number of carbonyl (C=O) groups is 1. The van der Waals surface area contributed by atoms with E-state index >= 15 is 0 Å². The van der Waals surface area contributed by atoms with Gasteiger partial charge in [0.1, 0.15) is 0 Å². The Balaban J connectivity index is 2.13. The fourth-order valence-corrected chi connectivity index (χ4v) is 2.64. The van der Waals surface area contributed by atoms with Crippen LogP contribution in [0.5, 0.6) is 0 Å². The van der Waals surface area contributed by atoms with Crippen LogP contribution in [0.1, 0.15) is 29.2 Å². The number of carboxylic acids is 1. The van der Waals surface area contributed by atoms with E-state index in [0.717, 1.165) is 0 Å². The molecular weight excluding hydrogens is 260 g/mol. The van der Waals surface area contributed by atoms with Gasteiger partial charge in [0.15, 0.2) is 5.69 Å². The number of hydrogen-bond acceptors (Lipinski definition) is 4. The van der Waals surface area contributed by atoms with E-state index in [9.17, 15) is 4.79 Å². The van der Waals surface area contributed by atoms with E-state index in [2.05, 4.69) is 30.2 Å². The van der Waals surface area contributed by atoms with Crippen LogP contribution in [0.15, 0.2) is 35.8 Å². The van der Waals surface area contributed by atoms with E-state index < -0.39 is 5.97 Å². The highest BCUT2D eigenvalue weighted by Crippen LogP contribution is 2.28. The Labute approximate surface area is 116 Å². The number of hydrogen-bond donors (Lipinski definition) is 2. The van der Waals surface area contributed by atoms with Crippen molar-refractivity contribution in [2.45, 2.75) is 19.3 Å². The van der Waals surface area contributed by atoms with E-state index in [1.165, 1.54) is 11.1 Å². The number of thiophene rings is 1. The largest absolute Gasteiger partial charge is 0.476 e. The molecule has 2 aromatic rings. The summed E-state index contributed by atoms with van der Waals surface area (Å²) in [6.07, 6.45) is 1.49. The number of aromatic carboxylic acids is 1. The molecule has 2 rings (SSSR count). The van der Waals surface area contributed by atoms with Crippen LogP contribution in [0, 0.1) is 0 Å². The standard InChI is InChI=1S/C14H16N2O2S/c1-14(2,11-6-4-8-19-11)9-16-10-5-3-7-15-12(10)13(17)18/h3-8,16H,9H2,1-2H3,(H,17,18). The fourth-order valence-electron chi connectivity index (χ4n) is 1.79. The minimum absolute atomic E-state index is 0.0558. The van der Waals surface area contributed by atoms with Crippen molar-refractivity contribution in [2.75, 3.05) is 11.9 Å². The third-order valence-corrected chi connectivity index (χ3v) is 4.16. The number of carboxylic acid groups (broad SMARTS) is 1. The molecule has 0 amide bonds. The summed E-state index contributed by atoms with van der Waals surface area (Å²) in [5, 5.41) is 14.3. The van der Waals surface area contributed by atoms with Crippen molar-refractivity contribution in [1.82, 2.24) is 4.98 Å². The molecule has 2 heterocycles. The van der Waals surface area contributed by atoms with Gasteiger partial charge in [0.05, 0.1) is 5.69 Å². The van der Waals surface area contributed by atoms with Crippen LogP contribution in [-0.4, -0.2) is 22.6 Å². The van der Waals surface area contributed by atoms with Gasteiger partial charge in [-0.05, 0) is 23.6 Å². The number of aromatic nitrogens is 1. The lowest BCUT2D eigenvalue weighted by atomic mass is 9.91. The van der Waals surface area contributed by atoms with E-state index in [-0.39, 0.29) is 11.1 Å². The minimum atomic E-state index is -1.02. The molecule has 0 spiro atoms. The summed E-state index contributed by atoms with van der Waals surface area (Å²) in [7, 11) is 0. The van der Waals surface area contributed by atoms with Gasteiger partial charge in [-0.15, -0.1) is 11.3 Å².